The molecule has 28 heavy (non-hydrogen) atoms. The van der Waals surface area contributed by atoms with E-state index in [1.165, 1.54) is 64.6 Å². The Labute approximate surface area is 169 Å². The van der Waals surface area contributed by atoms with E-state index in [-0.39, 0.29) is 0 Å². The average molecular weight is 385 g/mol. The first-order valence-corrected chi connectivity index (χ1v) is 11.0. The van der Waals surface area contributed by atoms with E-state index in [1.54, 1.807) is 13.3 Å². The molecule has 4 nitrogen and oxygen atoms in total. The number of hydrogen-bond acceptors (Lipinski definition) is 4. The van der Waals surface area contributed by atoms with E-state index < -0.39 is 6.10 Å². The van der Waals surface area contributed by atoms with Gasteiger partial charge >= 0.3 is 0 Å². The van der Waals surface area contributed by atoms with Gasteiger partial charge in [-0.05, 0) is 81.1 Å². The lowest BCUT2D eigenvalue weighted by molar-refractivity contribution is 0.108. The van der Waals surface area contributed by atoms with Gasteiger partial charge in [0, 0.05) is 11.6 Å². The third-order valence-electron chi connectivity index (χ3n) is 6.18. The van der Waals surface area contributed by atoms with Crippen LogP contribution in [0.3, 0.4) is 0 Å². The number of piperidine rings is 1. The third kappa shape index (κ3) is 5.68. The highest BCUT2D eigenvalue weighted by molar-refractivity contribution is 5.83. The number of methoxy groups -OCH3 is 1. The summed E-state index contributed by atoms with van der Waals surface area (Å²) in [5.41, 5.74) is 1.89. The topological polar surface area (TPSA) is 45.6 Å². The van der Waals surface area contributed by atoms with Crippen molar-refractivity contribution in [3.63, 3.8) is 0 Å². The van der Waals surface area contributed by atoms with Crippen LogP contribution in [-0.4, -0.2) is 41.7 Å². The first kappa shape index (κ1) is 21.1. The molecule has 1 aliphatic heterocycles. The number of likely N-dealkylation sites (tertiary alicyclic amines) is 1. The van der Waals surface area contributed by atoms with E-state index in [4.69, 9.17) is 4.74 Å². The smallest absolute Gasteiger partial charge is 0.119 e. The molecule has 0 amide bonds. The van der Waals surface area contributed by atoms with Gasteiger partial charge in [-0.25, -0.2) is 0 Å². The number of benzene rings is 1. The van der Waals surface area contributed by atoms with Gasteiger partial charge in [-0.15, -0.1) is 0 Å². The van der Waals surface area contributed by atoms with E-state index in [0.29, 0.717) is 5.92 Å². The molecule has 1 aliphatic rings. The Kier molecular flexibility index (Phi) is 8.11. The fourth-order valence-electron chi connectivity index (χ4n) is 4.39. The molecule has 1 fully saturated rings. The quantitative estimate of drug-likeness (QED) is 0.561. The minimum Gasteiger partial charge on any atom is -0.497 e. The van der Waals surface area contributed by atoms with Gasteiger partial charge < -0.3 is 14.7 Å². The molecule has 3 rings (SSSR count). The van der Waals surface area contributed by atoms with Crippen molar-refractivity contribution < 1.29 is 9.84 Å². The number of rotatable bonds is 10. The van der Waals surface area contributed by atoms with Gasteiger partial charge in [0.15, 0.2) is 0 Å². The minimum atomic E-state index is -0.441. The third-order valence-corrected chi connectivity index (χ3v) is 6.18. The van der Waals surface area contributed by atoms with Crippen LogP contribution in [0.2, 0.25) is 0 Å². The van der Waals surface area contributed by atoms with Crippen LogP contribution in [0, 0.1) is 5.92 Å². The predicted octanol–water partition coefficient (Wildman–Crippen LogP) is 5.35. The average Bonchev–Trinajstić information content (AvgIpc) is 2.73. The van der Waals surface area contributed by atoms with Crippen molar-refractivity contribution in [2.45, 2.75) is 64.4 Å². The number of aromatic nitrogens is 1. The first-order chi connectivity index (χ1) is 13.7. The van der Waals surface area contributed by atoms with Crippen LogP contribution in [0.15, 0.2) is 30.5 Å². The van der Waals surface area contributed by atoms with E-state index in [9.17, 15) is 5.11 Å². The molecule has 154 valence electrons. The van der Waals surface area contributed by atoms with Crippen molar-refractivity contribution in [1.82, 2.24) is 9.88 Å². The summed E-state index contributed by atoms with van der Waals surface area (Å²) < 4.78 is 5.36. The van der Waals surface area contributed by atoms with Crippen LogP contribution >= 0.6 is 0 Å². The van der Waals surface area contributed by atoms with Crippen LogP contribution in [0.25, 0.3) is 10.9 Å². The number of fused-ring (bicyclic) bond motifs is 1. The minimum absolute atomic E-state index is 0.441. The molecule has 0 unspecified atom stereocenters. The summed E-state index contributed by atoms with van der Waals surface area (Å²) in [5.74, 6) is 1.40. The number of unbranched alkanes of at least 4 members (excludes halogenated alkanes) is 4. The molecule has 1 aromatic heterocycles. The molecular formula is C24H36N2O2. The molecule has 2 aromatic rings. The largest absolute Gasteiger partial charge is 0.497 e. The molecular weight excluding hydrogens is 348 g/mol. The Balaban J connectivity index is 1.51. The van der Waals surface area contributed by atoms with Crippen molar-refractivity contribution in [2.75, 3.05) is 26.7 Å². The van der Waals surface area contributed by atoms with Gasteiger partial charge in [-0.2, -0.15) is 0 Å². The second-order valence-corrected chi connectivity index (χ2v) is 8.23. The molecule has 0 saturated carbocycles. The van der Waals surface area contributed by atoms with Crippen molar-refractivity contribution in [3.8, 4) is 5.75 Å². The summed E-state index contributed by atoms with van der Waals surface area (Å²) in [6.45, 7) is 5.87. The van der Waals surface area contributed by atoms with Gasteiger partial charge in [0.2, 0.25) is 0 Å². The van der Waals surface area contributed by atoms with Gasteiger partial charge in [-0.3, -0.25) is 4.98 Å². The van der Waals surface area contributed by atoms with E-state index >= 15 is 0 Å². The molecule has 0 aliphatic carbocycles. The van der Waals surface area contributed by atoms with Crippen molar-refractivity contribution in [1.29, 1.82) is 0 Å². The zero-order valence-corrected chi connectivity index (χ0v) is 17.6. The SMILES string of the molecule is CCCCCCCN1CCC(C[C@@H](O)c2ccnc3ccc(OC)cc23)CC1. The standard InChI is InChI=1S/C24H36N2O2/c1-3-4-5-6-7-14-26-15-11-19(12-16-26)17-24(27)21-10-13-25-23-9-8-20(28-2)18-22(21)23/h8-10,13,18-19,24,27H,3-7,11-12,14-17H2,1-2H3/t24-/m1/s1. The highest BCUT2D eigenvalue weighted by Crippen LogP contribution is 2.32. The molecule has 1 saturated heterocycles. The second-order valence-electron chi connectivity index (χ2n) is 8.23. The maximum absolute atomic E-state index is 10.9. The lowest BCUT2D eigenvalue weighted by Gasteiger charge is -2.33. The van der Waals surface area contributed by atoms with Gasteiger partial charge in [0.05, 0.1) is 18.7 Å². The molecule has 0 spiro atoms. The number of aliphatic hydroxyl groups excluding tert-OH is 1. The Hall–Kier alpha value is -1.65. The normalized spacial score (nSPS) is 17.1. The fourth-order valence-corrected chi connectivity index (χ4v) is 4.39. The molecule has 1 atom stereocenters. The number of nitrogens with zero attached hydrogens (tertiary/aromatic N) is 2. The summed E-state index contributed by atoms with van der Waals surface area (Å²) in [6.07, 6.45) is 11.3. The summed E-state index contributed by atoms with van der Waals surface area (Å²) in [7, 11) is 1.67. The number of ether oxygens (including phenoxy) is 1. The Morgan fingerprint density at radius 2 is 1.93 bits per heavy atom. The van der Waals surface area contributed by atoms with Crippen LogP contribution < -0.4 is 4.74 Å². The van der Waals surface area contributed by atoms with Crippen molar-refractivity contribution >= 4 is 10.9 Å². The van der Waals surface area contributed by atoms with Crippen molar-refractivity contribution in [3.05, 3.63) is 36.0 Å². The number of hydrogen-bond donors (Lipinski definition) is 1. The van der Waals surface area contributed by atoms with Gasteiger partial charge in [-0.1, -0.05) is 32.6 Å². The monoisotopic (exact) mass is 384 g/mol. The number of pyridine rings is 1. The number of aliphatic hydroxyl groups is 1. The zero-order valence-electron chi connectivity index (χ0n) is 17.6. The van der Waals surface area contributed by atoms with Gasteiger partial charge in [0.25, 0.3) is 0 Å². The highest BCUT2D eigenvalue weighted by Gasteiger charge is 2.23. The zero-order chi connectivity index (χ0) is 19.8. The van der Waals surface area contributed by atoms with E-state index in [2.05, 4.69) is 16.8 Å². The Morgan fingerprint density at radius 3 is 2.68 bits per heavy atom. The van der Waals surface area contributed by atoms with Crippen LogP contribution in [0.4, 0.5) is 0 Å². The van der Waals surface area contributed by atoms with Crippen LogP contribution in [-0.2, 0) is 0 Å². The first-order valence-electron chi connectivity index (χ1n) is 11.0. The Bertz CT molecular complexity index is 726. The van der Waals surface area contributed by atoms with E-state index in [0.717, 1.165) is 28.6 Å². The molecule has 1 N–H and O–H groups in total. The summed E-state index contributed by atoms with van der Waals surface area (Å²) in [5, 5.41) is 11.9. The fraction of sp³-hybridized carbons (Fsp3) is 0.625. The van der Waals surface area contributed by atoms with Gasteiger partial charge in [0.1, 0.15) is 5.75 Å². The lowest BCUT2D eigenvalue weighted by atomic mass is 9.88. The second kappa shape index (κ2) is 10.8. The summed E-state index contributed by atoms with van der Waals surface area (Å²) in [4.78, 5) is 7.04. The van der Waals surface area contributed by atoms with Crippen molar-refractivity contribution in [2.24, 2.45) is 5.92 Å². The molecule has 0 radical (unpaired) electrons. The maximum Gasteiger partial charge on any atom is 0.119 e. The molecule has 2 heterocycles. The van der Waals surface area contributed by atoms with Crippen LogP contribution in [0.1, 0.15) is 70.0 Å². The van der Waals surface area contributed by atoms with E-state index in [1.807, 2.05) is 24.3 Å². The van der Waals surface area contributed by atoms with Crippen LogP contribution in [0.5, 0.6) is 5.75 Å². The highest BCUT2D eigenvalue weighted by atomic mass is 16.5. The molecule has 1 aromatic carbocycles. The lowest BCUT2D eigenvalue weighted by Crippen LogP contribution is -2.34. The predicted molar refractivity (Wildman–Crippen MR) is 116 cm³/mol. The molecule has 4 heteroatoms. The Morgan fingerprint density at radius 1 is 1.14 bits per heavy atom. The summed E-state index contributed by atoms with van der Waals surface area (Å²) in [6, 6.07) is 7.83. The molecule has 0 bridgehead atoms. The summed E-state index contributed by atoms with van der Waals surface area (Å²) >= 11 is 0. The maximum atomic E-state index is 10.9.